The number of carbonyl (C=O) groups is 3. The Kier molecular flexibility index (Phi) is 5.11. The molecule has 29 heavy (non-hydrogen) atoms. The molecule has 4 rings (SSSR count). The molecule has 0 saturated carbocycles. The second-order valence-electron chi connectivity index (χ2n) is 6.92. The molecule has 1 aromatic carbocycles. The van der Waals surface area contributed by atoms with E-state index in [0.717, 1.165) is 23.1 Å². The van der Waals surface area contributed by atoms with Gasteiger partial charge in [0, 0.05) is 32.7 Å². The minimum atomic E-state index is -0.409. The van der Waals surface area contributed by atoms with Gasteiger partial charge in [-0.15, -0.1) is 10.2 Å². The third-order valence-corrected chi connectivity index (χ3v) is 5.14. The van der Waals surface area contributed by atoms with E-state index >= 15 is 0 Å². The number of piperazine rings is 1. The van der Waals surface area contributed by atoms with E-state index < -0.39 is 11.8 Å². The number of carbonyl (C=O) groups excluding carboxylic acids is 3. The number of imide groups is 1. The van der Waals surface area contributed by atoms with Crippen LogP contribution in [0.5, 0.6) is 0 Å². The highest BCUT2D eigenvalue weighted by atomic mass is 16.2. The fourth-order valence-corrected chi connectivity index (χ4v) is 3.57. The van der Waals surface area contributed by atoms with Crippen LogP contribution in [0.3, 0.4) is 0 Å². The molecule has 0 atom stereocenters. The van der Waals surface area contributed by atoms with Crippen molar-refractivity contribution in [1.82, 2.24) is 20.0 Å². The normalized spacial score (nSPS) is 16.2. The van der Waals surface area contributed by atoms with E-state index in [9.17, 15) is 14.4 Å². The van der Waals surface area contributed by atoms with Crippen molar-refractivity contribution in [2.24, 2.45) is 0 Å². The molecular weight excluding hydrogens is 372 g/mol. The highest BCUT2D eigenvalue weighted by molar-refractivity contribution is 6.22. The van der Waals surface area contributed by atoms with Crippen LogP contribution in [0.4, 0.5) is 11.6 Å². The van der Waals surface area contributed by atoms with Crippen LogP contribution in [0.2, 0.25) is 0 Å². The Hall–Kier alpha value is -3.49. The van der Waals surface area contributed by atoms with Crippen LogP contribution in [0.25, 0.3) is 0 Å². The molecule has 150 valence electrons. The fraction of sp³-hybridized carbons (Fsp3) is 0.350. The largest absolute Gasteiger partial charge is 0.369 e. The summed E-state index contributed by atoms with van der Waals surface area (Å²) in [5, 5.41) is 11.5. The first kappa shape index (κ1) is 18.9. The molecular formula is C20H22N6O3. The molecule has 0 bridgehead atoms. The van der Waals surface area contributed by atoms with Gasteiger partial charge < -0.3 is 15.1 Å². The summed E-state index contributed by atoms with van der Waals surface area (Å²) in [6, 6.07) is 10.4. The van der Waals surface area contributed by atoms with Gasteiger partial charge in [0.05, 0.1) is 11.1 Å². The van der Waals surface area contributed by atoms with Gasteiger partial charge >= 0.3 is 0 Å². The van der Waals surface area contributed by atoms with Crippen LogP contribution in [0.15, 0.2) is 36.4 Å². The Morgan fingerprint density at radius 2 is 1.62 bits per heavy atom. The molecule has 3 heterocycles. The minimum Gasteiger partial charge on any atom is -0.369 e. The van der Waals surface area contributed by atoms with E-state index in [1.165, 1.54) is 0 Å². The number of hydrogen-bond acceptors (Lipinski definition) is 7. The zero-order valence-corrected chi connectivity index (χ0v) is 16.2. The molecule has 0 radical (unpaired) electrons. The maximum Gasteiger partial charge on any atom is 0.262 e. The van der Waals surface area contributed by atoms with Gasteiger partial charge in [-0.2, -0.15) is 0 Å². The molecule has 2 aromatic rings. The first-order valence-electron chi connectivity index (χ1n) is 9.64. The molecule has 1 N–H and O–H groups in total. The number of benzene rings is 1. The molecule has 1 aromatic heterocycles. The van der Waals surface area contributed by atoms with Crippen molar-refractivity contribution in [2.75, 3.05) is 49.5 Å². The van der Waals surface area contributed by atoms with Gasteiger partial charge in [0.2, 0.25) is 5.91 Å². The fourth-order valence-electron chi connectivity index (χ4n) is 3.57. The van der Waals surface area contributed by atoms with E-state index in [4.69, 9.17) is 0 Å². The zero-order valence-electron chi connectivity index (χ0n) is 16.2. The maximum atomic E-state index is 12.7. The van der Waals surface area contributed by atoms with Crippen LogP contribution in [-0.2, 0) is 4.79 Å². The topological polar surface area (TPSA) is 98.7 Å². The SMILES string of the molecule is CCNc1ccc(N2CCN(C(=O)CN3C(=O)c4ccccc4C3=O)CC2)nn1. The van der Waals surface area contributed by atoms with Gasteiger partial charge in [-0.3, -0.25) is 19.3 Å². The average molecular weight is 394 g/mol. The molecule has 9 nitrogen and oxygen atoms in total. The standard InChI is InChI=1S/C20H22N6O3/c1-2-21-16-7-8-17(23-22-16)24-9-11-25(12-10-24)18(27)13-26-19(28)14-5-3-4-6-15(14)20(26)29/h3-8H,2,9-13H2,1H3,(H,21,22). The third kappa shape index (κ3) is 3.63. The van der Waals surface area contributed by atoms with E-state index in [1.54, 1.807) is 29.2 Å². The quantitative estimate of drug-likeness (QED) is 0.751. The number of nitrogens with zero attached hydrogens (tertiary/aromatic N) is 5. The Morgan fingerprint density at radius 1 is 0.966 bits per heavy atom. The first-order valence-corrected chi connectivity index (χ1v) is 9.64. The third-order valence-electron chi connectivity index (χ3n) is 5.14. The molecule has 0 aliphatic carbocycles. The van der Waals surface area contributed by atoms with Crippen LogP contribution in [-0.4, -0.2) is 77.0 Å². The summed E-state index contributed by atoms with van der Waals surface area (Å²) < 4.78 is 0. The van der Waals surface area contributed by atoms with Gasteiger partial charge in [0.1, 0.15) is 12.4 Å². The number of fused-ring (bicyclic) bond motifs is 1. The summed E-state index contributed by atoms with van der Waals surface area (Å²) in [4.78, 5) is 42.3. The highest BCUT2D eigenvalue weighted by Crippen LogP contribution is 2.22. The van der Waals surface area contributed by atoms with E-state index in [-0.39, 0.29) is 12.5 Å². The van der Waals surface area contributed by atoms with Gasteiger partial charge in [-0.05, 0) is 31.2 Å². The number of aromatic nitrogens is 2. The Bertz CT molecular complexity index is 902. The van der Waals surface area contributed by atoms with Gasteiger partial charge in [0.15, 0.2) is 5.82 Å². The van der Waals surface area contributed by atoms with Gasteiger partial charge in [-0.1, -0.05) is 12.1 Å². The lowest BCUT2D eigenvalue weighted by Gasteiger charge is -2.35. The molecule has 2 aliphatic heterocycles. The zero-order chi connectivity index (χ0) is 20.4. The number of anilines is 2. The lowest BCUT2D eigenvalue weighted by molar-refractivity contribution is -0.131. The smallest absolute Gasteiger partial charge is 0.262 e. The molecule has 0 spiro atoms. The van der Waals surface area contributed by atoms with Crippen molar-refractivity contribution in [3.8, 4) is 0 Å². The molecule has 0 unspecified atom stereocenters. The monoisotopic (exact) mass is 394 g/mol. The van der Waals surface area contributed by atoms with E-state index in [0.29, 0.717) is 37.3 Å². The van der Waals surface area contributed by atoms with Crippen molar-refractivity contribution in [2.45, 2.75) is 6.92 Å². The summed E-state index contributed by atoms with van der Waals surface area (Å²) in [5.41, 5.74) is 0.712. The van der Waals surface area contributed by atoms with Gasteiger partial charge in [-0.25, -0.2) is 0 Å². The summed E-state index contributed by atoms with van der Waals surface area (Å²) in [7, 11) is 0. The second kappa shape index (κ2) is 7.86. The maximum absolute atomic E-state index is 12.7. The molecule has 3 amide bonds. The minimum absolute atomic E-state index is 0.229. The second-order valence-corrected chi connectivity index (χ2v) is 6.92. The van der Waals surface area contributed by atoms with E-state index in [2.05, 4.69) is 20.4 Å². The molecule has 1 fully saturated rings. The predicted octanol–water partition coefficient (Wildman–Crippen LogP) is 0.853. The average Bonchev–Trinajstić information content (AvgIpc) is 3.00. The Labute approximate surface area is 168 Å². The Balaban J connectivity index is 1.34. The highest BCUT2D eigenvalue weighted by Gasteiger charge is 2.37. The van der Waals surface area contributed by atoms with Crippen molar-refractivity contribution < 1.29 is 14.4 Å². The van der Waals surface area contributed by atoms with Crippen molar-refractivity contribution in [1.29, 1.82) is 0 Å². The van der Waals surface area contributed by atoms with Crippen molar-refractivity contribution in [3.05, 3.63) is 47.5 Å². The number of rotatable bonds is 5. The van der Waals surface area contributed by atoms with Crippen LogP contribution >= 0.6 is 0 Å². The van der Waals surface area contributed by atoms with Crippen LogP contribution < -0.4 is 10.2 Å². The van der Waals surface area contributed by atoms with E-state index in [1.807, 2.05) is 19.1 Å². The first-order chi connectivity index (χ1) is 14.1. The van der Waals surface area contributed by atoms with Gasteiger partial charge in [0.25, 0.3) is 11.8 Å². The summed E-state index contributed by atoms with van der Waals surface area (Å²) >= 11 is 0. The molecule has 1 saturated heterocycles. The molecule has 2 aliphatic rings. The summed E-state index contributed by atoms with van der Waals surface area (Å²) in [6.07, 6.45) is 0. The summed E-state index contributed by atoms with van der Waals surface area (Å²) in [6.45, 7) is 4.77. The lowest BCUT2D eigenvalue weighted by Crippen LogP contribution is -2.52. The predicted molar refractivity (Wildman–Crippen MR) is 107 cm³/mol. The number of nitrogens with one attached hydrogen (secondary N) is 1. The van der Waals surface area contributed by atoms with Crippen molar-refractivity contribution >= 4 is 29.4 Å². The Morgan fingerprint density at radius 3 is 2.17 bits per heavy atom. The number of hydrogen-bond donors (Lipinski definition) is 1. The summed E-state index contributed by atoms with van der Waals surface area (Å²) in [5.74, 6) is 0.445. The molecule has 9 heteroatoms. The number of amides is 3. The van der Waals surface area contributed by atoms with Crippen LogP contribution in [0, 0.1) is 0 Å². The lowest BCUT2D eigenvalue weighted by atomic mass is 10.1. The van der Waals surface area contributed by atoms with Crippen LogP contribution in [0.1, 0.15) is 27.6 Å². The van der Waals surface area contributed by atoms with Crippen molar-refractivity contribution in [3.63, 3.8) is 0 Å².